The molecule has 0 radical (unpaired) electrons. The van der Waals surface area contributed by atoms with E-state index in [-0.39, 0.29) is 22.2 Å². The zero-order valence-electron chi connectivity index (χ0n) is 20.8. The van der Waals surface area contributed by atoms with Crippen LogP contribution in [0.2, 0.25) is 0 Å². The molecule has 0 aliphatic rings. The second-order valence-electron chi connectivity index (χ2n) is 8.80. The molecule has 3 amide bonds. The highest BCUT2D eigenvalue weighted by Gasteiger charge is 2.36. The molecule has 0 saturated carbocycles. The lowest BCUT2D eigenvalue weighted by Crippen LogP contribution is -2.44. The summed E-state index contributed by atoms with van der Waals surface area (Å²) in [5, 5.41) is 2.97. The Labute approximate surface area is 214 Å². The summed E-state index contributed by atoms with van der Waals surface area (Å²) in [7, 11) is 1.54. The Morgan fingerprint density at radius 3 is 2.25 bits per heavy atom. The molecular weight excluding hydrogens is 478 g/mol. The first-order chi connectivity index (χ1) is 17.1. The zero-order valence-corrected chi connectivity index (χ0v) is 21.6. The van der Waals surface area contributed by atoms with E-state index in [9.17, 15) is 14.4 Å². The molecule has 190 valence electrons. The molecule has 0 bridgehead atoms. The van der Waals surface area contributed by atoms with Crippen molar-refractivity contribution in [1.29, 1.82) is 0 Å². The van der Waals surface area contributed by atoms with Gasteiger partial charge in [0.2, 0.25) is 5.91 Å². The number of hydrogen-bond acceptors (Lipinski definition) is 7. The lowest BCUT2D eigenvalue weighted by molar-refractivity contribution is -0.122. The Morgan fingerprint density at radius 1 is 1.08 bits per heavy atom. The van der Waals surface area contributed by atoms with Gasteiger partial charge in [0.25, 0.3) is 11.8 Å². The Morgan fingerprint density at radius 2 is 1.72 bits per heavy atom. The fourth-order valence-corrected chi connectivity index (χ4v) is 4.35. The lowest BCUT2D eigenvalue weighted by atomic mass is 10.0. The predicted molar refractivity (Wildman–Crippen MR) is 141 cm³/mol. The standard InChI is InChI=1S/C26H31N5O4S/c1-15(2)13-14-29-25(33)22(17-7-5-16(3)6-8-17)31(18-9-11-19(35-4)12-10-18)26(34)23-20(27)21(24(28)32)30-36-23/h5-12,15,22H,13-14,27H2,1-4H3,(H2,28,32)(H,29,33)/t22-/m1/s1. The molecule has 36 heavy (non-hydrogen) atoms. The van der Waals surface area contributed by atoms with Gasteiger partial charge in [-0.05, 0) is 60.6 Å². The van der Waals surface area contributed by atoms with Gasteiger partial charge in [-0.3, -0.25) is 19.3 Å². The van der Waals surface area contributed by atoms with Crippen LogP contribution in [0.4, 0.5) is 11.4 Å². The number of benzene rings is 2. The molecule has 0 aliphatic carbocycles. The van der Waals surface area contributed by atoms with Gasteiger partial charge in [-0.15, -0.1) is 0 Å². The first-order valence-electron chi connectivity index (χ1n) is 11.5. The van der Waals surface area contributed by atoms with E-state index in [0.29, 0.717) is 29.5 Å². The number of amides is 3. The van der Waals surface area contributed by atoms with E-state index in [1.54, 1.807) is 31.4 Å². The molecule has 5 N–H and O–H groups in total. The number of nitrogen functional groups attached to an aromatic ring is 1. The van der Waals surface area contributed by atoms with Crippen LogP contribution >= 0.6 is 11.5 Å². The number of rotatable bonds is 10. The molecule has 3 aromatic rings. The third kappa shape index (κ3) is 6.01. The van der Waals surface area contributed by atoms with E-state index in [4.69, 9.17) is 16.2 Å². The highest BCUT2D eigenvalue weighted by atomic mass is 32.1. The van der Waals surface area contributed by atoms with Crippen LogP contribution in [0.5, 0.6) is 5.75 Å². The molecule has 1 aromatic heterocycles. The summed E-state index contributed by atoms with van der Waals surface area (Å²) in [5.41, 5.74) is 13.2. The van der Waals surface area contributed by atoms with Gasteiger partial charge in [0, 0.05) is 12.2 Å². The highest BCUT2D eigenvalue weighted by molar-refractivity contribution is 7.09. The topological polar surface area (TPSA) is 141 Å². The Balaban J connectivity index is 2.15. The van der Waals surface area contributed by atoms with Crippen LogP contribution in [0.3, 0.4) is 0 Å². The largest absolute Gasteiger partial charge is 0.497 e. The Bertz CT molecular complexity index is 1220. The molecule has 0 unspecified atom stereocenters. The SMILES string of the molecule is COc1ccc(N(C(=O)c2snc(C(N)=O)c2N)[C@@H](C(=O)NCCC(C)C)c2ccc(C)cc2)cc1. The third-order valence-corrected chi connectivity index (χ3v) is 6.50. The van der Waals surface area contributed by atoms with Crippen LogP contribution in [0, 0.1) is 12.8 Å². The number of aromatic nitrogens is 1. The number of nitrogens with zero attached hydrogens (tertiary/aromatic N) is 2. The lowest BCUT2D eigenvalue weighted by Gasteiger charge is -2.31. The molecule has 0 fully saturated rings. The molecule has 0 spiro atoms. The maximum Gasteiger partial charge on any atom is 0.273 e. The number of ether oxygens (including phenoxy) is 1. The van der Waals surface area contributed by atoms with Crippen molar-refractivity contribution >= 4 is 40.6 Å². The van der Waals surface area contributed by atoms with Crippen molar-refractivity contribution in [2.45, 2.75) is 33.2 Å². The molecule has 0 aliphatic heterocycles. The number of nitrogens with one attached hydrogen (secondary N) is 1. The average Bonchev–Trinajstić information content (AvgIpc) is 3.24. The summed E-state index contributed by atoms with van der Waals surface area (Å²) < 4.78 is 9.23. The van der Waals surface area contributed by atoms with Gasteiger partial charge in [0.15, 0.2) is 5.69 Å². The van der Waals surface area contributed by atoms with Gasteiger partial charge in [-0.2, -0.15) is 4.37 Å². The van der Waals surface area contributed by atoms with Gasteiger partial charge >= 0.3 is 0 Å². The second kappa shape index (κ2) is 11.7. The minimum absolute atomic E-state index is 0.0201. The monoisotopic (exact) mass is 509 g/mol. The fourth-order valence-electron chi connectivity index (χ4n) is 3.61. The van der Waals surface area contributed by atoms with Crippen LogP contribution in [-0.4, -0.2) is 35.7 Å². The van der Waals surface area contributed by atoms with Gasteiger partial charge in [-0.1, -0.05) is 43.7 Å². The van der Waals surface area contributed by atoms with E-state index < -0.39 is 17.9 Å². The summed E-state index contributed by atoms with van der Waals surface area (Å²) in [6.45, 7) is 6.54. The molecule has 3 rings (SSSR count). The van der Waals surface area contributed by atoms with Crippen LogP contribution < -0.4 is 26.4 Å². The number of primary amides is 1. The molecule has 0 saturated heterocycles. The third-order valence-electron chi connectivity index (χ3n) is 5.65. The van der Waals surface area contributed by atoms with Gasteiger partial charge in [0.05, 0.1) is 12.8 Å². The summed E-state index contributed by atoms with van der Waals surface area (Å²) in [5.74, 6) is -0.770. The van der Waals surface area contributed by atoms with Crippen LogP contribution in [0.25, 0.3) is 0 Å². The number of aryl methyl sites for hydroxylation is 1. The number of hydrogen-bond donors (Lipinski definition) is 3. The minimum atomic E-state index is -1.02. The Kier molecular flexibility index (Phi) is 8.65. The molecule has 9 nitrogen and oxygen atoms in total. The van der Waals surface area contributed by atoms with Crippen LogP contribution in [-0.2, 0) is 4.79 Å². The van der Waals surface area contributed by atoms with Gasteiger partial charge in [0.1, 0.15) is 16.7 Å². The molecule has 2 aromatic carbocycles. The van der Waals surface area contributed by atoms with Crippen molar-refractivity contribution in [3.8, 4) is 5.75 Å². The number of methoxy groups -OCH3 is 1. The summed E-state index contributed by atoms with van der Waals surface area (Å²) in [6, 6.07) is 13.1. The zero-order chi connectivity index (χ0) is 26.4. The number of anilines is 2. The maximum absolute atomic E-state index is 14.0. The van der Waals surface area contributed by atoms with Gasteiger partial charge < -0.3 is 21.5 Å². The van der Waals surface area contributed by atoms with Crippen molar-refractivity contribution in [3.05, 3.63) is 70.2 Å². The smallest absolute Gasteiger partial charge is 0.273 e. The summed E-state index contributed by atoms with van der Waals surface area (Å²) >= 11 is 0.768. The first kappa shape index (κ1) is 26.7. The predicted octanol–water partition coefficient (Wildman–Crippen LogP) is 3.69. The second-order valence-corrected chi connectivity index (χ2v) is 9.57. The van der Waals surface area contributed by atoms with Crippen molar-refractivity contribution in [3.63, 3.8) is 0 Å². The quantitative estimate of drug-likeness (QED) is 0.381. The van der Waals surface area contributed by atoms with E-state index in [2.05, 4.69) is 23.5 Å². The molecule has 1 atom stereocenters. The summed E-state index contributed by atoms with van der Waals surface area (Å²) in [4.78, 5) is 40.7. The summed E-state index contributed by atoms with van der Waals surface area (Å²) in [6.07, 6.45) is 0.784. The van der Waals surface area contributed by atoms with E-state index in [0.717, 1.165) is 23.5 Å². The van der Waals surface area contributed by atoms with E-state index >= 15 is 0 Å². The van der Waals surface area contributed by atoms with Crippen molar-refractivity contribution in [2.75, 3.05) is 24.3 Å². The molecule has 1 heterocycles. The van der Waals surface area contributed by atoms with E-state index in [1.165, 1.54) is 4.90 Å². The Hall–Kier alpha value is -3.92. The van der Waals surface area contributed by atoms with Crippen LogP contribution in [0.1, 0.15) is 57.6 Å². The number of carbonyl (C=O) groups excluding carboxylic acids is 3. The van der Waals surface area contributed by atoms with Crippen molar-refractivity contribution in [2.24, 2.45) is 11.7 Å². The number of carbonyl (C=O) groups is 3. The average molecular weight is 510 g/mol. The van der Waals surface area contributed by atoms with Crippen molar-refractivity contribution < 1.29 is 19.1 Å². The maximum atomic E-state index is 14.0. The molecular formula is C26H31N5O4S. The normalized spacial score (nSPS) is 11.7. The minimum Gasteiger partial charge on any atom is -0.497 e. The first-order valence-corrected chi connectivity index (χ1v) is 12.3. The fraction of sp³-hybridized carbons (Fsp3) is 0.308. The highest BCUT2D eigenvalue weighted by Crippen LogP contribution is 2.34. The molecule has 10 heteroatoms. The van der Waals surface area contributed by atoms with Gasteiger partial charge in [-0.25, -0.2) is 0 Å². The van der Waals surface area contributed by atoms with E-state index in [1.807, 2.05) is 31.2 Å². The van der Waals surface area contributed by atoms with Crippen molar-refractivity contribution in [1.82, 2.24) is 9.69 Å². The van der Waals surface area contributed by atoms with Crippen LogP contribution in [0.15, 0.2) is 48.5 Å². The number of nitrogens with two attached hydrogens (primary N) is 2.